The molecule has 1 nitrogen and oxygen atoms in total. The largest absolute Gasteiger partial charge is 0.477 e. The van der Waals surface area contributed by atoms with Crippen molar-refractivity contribution in [2.24, 2.45) is 0 Å². The van der Waals surface area contributed by atoms with Crippen LogP contribution < -0.4 is 4.74 Å². The summed E-state index contributed by atoms with van der Waals surface area (Å²) in [6.45, 7) is 0. The molecule has 1 heteroatoms. The van der Waals surface area contributed by atoms with Crippen LogP contribution in [0.4, 0.5) is 0 Å². The Labute approximate surface area is 201 Å². The van der Waals surface area contributed by atoms with Gasteiger partial charge in [-0.2, -0.15) is 0 Å². The van der Waals surface area contributed by atoms with Crippen LogP contribution in [0.5, 0.6) is 5.75 Å². The maximum absolute atomic E-state index is 7.08. The van der Waals surface area contributed by atoms with Gasteiger partial charge in [0.05, 0.1) is 0 Å². The lowest BCUT2D eigenvalue weighted by Crippen LogP contribution is -2.40. The summed E-state index contributed by atoms with van der Waals surface area (Å²) < 4.78 is 7.08. The first-order valence-corrected chi connectivity index (χ1v) is 12.2. The molecule has 0 N–H and O–H groups in total. The van der Waals surface area contributed by atoms with Gasteiger partial charge in [-0.3, -0.25) is 0 Å². The zero-order valence-corrected chi connectivity index (χ0v) is 19.2. The van der Waals surface area contributed by atoms with E-state index in [1.807, 2.05) is 0 Å². The molecule has 1 atom stereocenters. The molecule has 1 aliphatic heterocycles. The Morgan fingerprint density at radius 2 is 1.21 bits per heavy atom. The van der Waals surface area contributed by atoms with Crippen LogP contribution >= 0.6 is 0 Å². The lowest BCUT2D eigenvalue weighted by Gasteiger charge is -2.44. The van der Waals surface area contributed by atoms with E-state index >= 15 is 0 Å². The summed E-state index contributed by atoms with van der Waals surface area (Å²) >= 11 is 0. The molecule has 0 saturated heterocycles. The number of rotatable bonds is 5. The Morgan fingerprint density at radius 1 is 0.618 bits per heavy atom. The first kappa shape index (κ1) is 20.7. The van der Waals surface area contributed by atoms with Gasteiger partial charge in [0.15, 0.2) is 5.60 Å². The van der Waals surface area contributed by atoms with Crippen LogP contribution in [0.25, 0.3) is 10.8 Å². The van der Waals surface area contributed by atoms with E-state index in [2.05, 4.69) is 127 Å². The fourth-order valence-corrected chi connectivity index (χ4v) is 5.63. The molecule has 34 heavy (non-hydrogen) atoms. The van der Waals surface area contributed by atoms with Crippen molar-refractivity contribution in [3.05, 3.63) is 150 Å². The molecule has 5 aromatic rings. The van der Waals surface area contributed by atoms with E-state index in [0.717, 1.165) is 25.0 Å². The standard InChI is InChI=1S/C33H28O/c1-4-12-25(13-5-1)20-21-27-24-33(28-15-6-2-7-16-28,29-17-8-3-9-18-29)34-31-23-22-26-14-10-11-19-30(26)32(27)31/h1-19,22-23,27H,20-21,24H2. The van der Waals surface area contributed by atoms with Crippen LogP contribution in [-0.2, 0) is 12.0 Å². The quantitative estimate of drug-likeness (QED) is 0.267. The van der Waals surface area contributed by atoms with Crippen LogP contribution in [0.1, 0.15) is 41.0 Å². The fourth-order valence-electron chi connectivity index (χ4n) is 5.63. The first-order valence-electron chi connectivity index (χ1n) is 12.2. The highest BCUT2D eigenvalue weighted by Gasteiger charge is 2.44. The second kappa shape index (κ2) is 8.83. The molecule has 6 rings (SSSR count). The van der Waals surface area contributed by atoms with Gasteiger partial charge in [-0.05, 0) is 52.3 Å². The minimum Gasteiger partial charge on any atom is -0.477 e. The molecular formula is C33H28O. The third kappa shape index (κ3) is 3.68. The van der Waals surface area contributed by atoms with Gasteiger partial charge in [-0.15, -0.1) is 0 Å². The molecule has 1 aliphatic rings. The minimum absolute atomic E-state index is 0.371. The van der Waals surface area contributed by atoms with Crippen molar-refractivity contribution in [2.75, 3.05) is 0 Å². The third-order valence-corrected chi connectivity index (χ3v) is 7.26. The number of hydrogen-bond donors (Lipinski definition) is 0. The van der Waals surface area contributed by atoms with E-state index in [-0.39, 0.29) is 0 Å². The lowest BCUT2D eigenvalue weighted by atomic mass is 9.72. The van der Waals surface area contributed by atoms with Crippen molar-refractivity contribution in [3.63, 3.8) is 0 Å². The van der Waals surface area contributed by atoms with Crippen molar-refractivity contribution in [3.8, 4) is 5.75 Å². The highest BCUT2D eigenvalue weighted by Crippen LogP contribution is 2.52. The highest BCUT2D eigenvalue weighted by atomic mass is 16.5. The predicted molar refractivity (Wildman–Crippen MR) is 140 cm³/mol. The summed E-state index contributed by atoms with van der Waals surface area (Å²) in [5, 5.41) is 2.59. The molecular weight excluding hydrogens is 412 g/mol. The van der Waals surface area contributed by atoms with E-state index in [1.54, 1.807) is 0 Å². The van der Waals surface area contributed by atoms with Crippen LogP contribution in [0, 0.1) is 0 Å². The summed E-state index contributed by atoms with van der Waals surface area (Å²) in [7, 11) is 0. The summed E-state index contributed by atoms with van der Waals surface area (Å²) in [5.41, 5.74) is 4.66. The highest BCUT2D eigenvalue weighted by molar-refractivity contribution is 5.88. The Kier molecular flexibility index (Phi) is 5.39. The van der Waals surface area contributed by atoms with E-state index in [1.165, 1.54) is 33.0 Å². The van der Waals surface area contributed by atoms with E-state index < -0.39 is 5.60 Å². The van der Waals surface area contributed by atoms with E-state index in [0.29, 0.717) is 5.92 Å². The molecule has 0 bridgehead atoms. The maximum Gasteiger partial charge on any atom is 0.160 e. The molecule has 5 aromatic carbocycles. The molecule has 1 unspecified atom stereocenters. The molecule has 0 aromatic heterocycles. The maximum atomic E-state index is 7.08. The summed E-state index contributed by atoms with van der Waals surface area (Å²) in [4.78, 5) is 0. The van der Waals surface area contributed by atoms with Crippen molar-refractivity contribution < 1.29 is 4.74 Å². The van der Waals surface area contributed by atoms with Gasteiger partial charge in [-0.25, -0.2) is 0 Å². The second-order valence-electron chi connectivity index (χ2n) is 9.28. The SMILES string of the molecule is c1ccc(CCC2CC(c3ccccc3)(c3ccccc3)Oc3ccc4ccccc4c32)cc1. The average Bonchev–Trinajstić information content (AvgIpc) is 2.93. The number of fused-ring (bicyclic) bond motifs is 3. The molecule has 0 radical (unpaired) electrons. The molecule has 0 amide bonds. The van der Waals surface area contributed by atoms with Gasteiger partial charge >= 0.3 is 0 Å². The predicted octanol–water partition coefficient (Wildman–Crippen LogP) is 8.28. The number of benzene rings is 5. The van der Waals surface area contributed by atoms with Gasteiger partial charge in [0.2, 0.25) is 0 Å². The molecule has 0 saturated carbocycles. The Hall–Kier alpha value is -3.84. The van der Waals surface area contributed by atoms with E-state index in [4.69, 9.17) is 4.74 Å². The topological polar surface area (TPSA) is 9.23 Å². The van der Waals surface area contributed by atoms with Crippen LogP contribution in [0.3, 0.4) is 0 Å². The van der Waals surface area contributed by atoms with Crippen molar-refractivity contribution in [1.29, 1.82) is 0 Å². The second-order valence-corrected chi connectivity index (χ2v) is 9.28. The van der Waals surface area contributed by atoms with Gasteiger partial charge in [0.25, 0.3) is 0 Å². The monoisotopic (exact) mass is 440 g/mol. The summed E-state index contributed by atoms with van der Waals surface area (Å²) in [6, 6.07) is 45.5. The van der Waals surface area contributed by atoms with Gasteiger partial charge < -0.3 is 4.74 Å². The van der Waals surface area contributed by atoms with E-state index in [9.17, 15) is 0 Å². The van der Waals surface area contributed by atoms with Crippen molar-refractivity contribution in [2.45, 2.75) is 30.8 Å². The van der Waals surface area contributed by atoms with Gasteiger partial charge in [0, 0.05) is 12.0 Å². The third-order valence-electron chi connectivity index (χ3n) is 7.26. The lowest BCUT2D eigenvalue weighted by molar-refractivity contribution is 0.0712. The van der Waals surface area contributed by atoms with Crippen LogP contribution in [0.2, 0.25) is 0 Å². The molecule has 0 spiro atoms. The van der Waals surface area contributed by atoms with Crippen LogP contribution in [0.15, 0.2) is 127 Å². The summed E-state index contributed by atoms with van der Waals surface area (Å²) in [5.74, 6) is 1.38. The van der Waals surface area contributed by atoms with Crippen molar-refractivity contribution >= 4 is 10.8 Å². The number of ether oxygens (including phenoxy) is 1. The zero-order chi connectivity index (χ0) is 22.8. The molecule has 0 aliphatic carbocycles. The van der Waals surface area contributed by atoms with Crippen LogP contribution in [-0.4, -0.2) is 0 Å². The zero-order valence-electron chi connectivity index (χ0n) is 19.2. The number of aryl methyl sites for hydroxylation is 1. The Bertz CT molecular complexity index is 1350. The normalized spacial score (nSPS) is 16.5. The smallest absolute Gasteiger partial charge is 0.160 e. The Balaban J connectivity index is 1.52. The minimum atomic E-state index is -0.515. The first-order chi connectivity index (χ1) is 16.8. The fraction of sp³-hybridized carbons (Fsp3) is 0.152. The average molecular weight is 441 g/mol. The molecule has 1 heterocycles. The van der Waals surface area contributed by atoms with Crippen molar-refractivity contribution in [1.82, 2.24) is 0 Å². The Morgan fingerprint density at radius 3 is 1.88 bits per heavy atom. The summed E-state index contributed by atoms with van der Waals surface area (Å²) in [6.07, 6.45) is 3.04. The van der Waals surface area contributed by atoms with Gasteiger partial charge in [-0.1, -0.05) is 121 Å². The van der Waals surface area contributed by atoms with Gasteiger partial charge in [0.1, 0.15) is 5.75 Å². The molecule has 166 valence electrons. The molecule has 0 fully saturated rings. The number of hydrogen-bond acceptors (Lipinski definition) is 1.